The van der Waals surface area contributed by atoms with Crippen LogP contribution in [0.15, 0.2) is 54.6 Å². The van der Waals surface area contributed by atoms with Crippen LogP contribution in [-0.4, -0.2) is 11.1 Å². The molecule has 3 rings (SSSR count). The first kappa shape index (κ1) is 21.0. The van der Waals surface area contributed by atoms with Crippen molar-refractivity contribution in [1.82, 2.24) is 0 Å². The Kier molecular flexibility index (Phi) is 6.69. The molecule has 2 aliphatic carbocycles. The Balaban J connectivity index is 1.93. The second-order valence-electron chi connectivity index (χ2n) is 8.09. The van der Waals surface area contributed by atoms with Crippen LogP contribution in [0, 0.1) is 40.3 Å². The lowest BCUT2D eigenvalue weighted by atomic mass is 9.60. The number of hydrogen-bond acceptors (Lipinski definition) is 2. The average Bonchev–Trinajstić information content (AvgIpc) is 2.74. The van der Waals surface area contributed by atoms with E-state index in [-0.39, 0.29) is 5.92 Å². The predicted molar refractivity (Wildman–Crippen MR) is 112 cm³/mol. The smallest absolute Gasteiger partial charge is 0.314 e. The fourth-order valence-corrected chi connectivity index (χ4v) is 4.63. The third-order valence-corrected chi connectivity index (χ3v) is 6.27. The predicted octanol–water partition coefficient (Wildman–Crippen LogP) is 6.15. The number of halogens is 1. The number of aliphatic carboxylic acids is 1. The van der Waals surface area contributed by atoms with Crippen LogP contribution in [0.4, 0.5) is 4.39 Å². The molecular formula is C25H28FNO2. The molecule has 1 saturated carbocycles. The van der Waals surface area contributed by atoms with Gasteiger partial charge in [-0.1, -0.05) is 61.9 Å². The highest BCUT2D eigenvalue weighted by Gasteiger charge is 2.45. The number of carboxylic acid groups (broad SMARTS) is 1. The summed E-state index contributed by atoms with van der Waals surface area (Å²) in [5.74, 6) is -1.70. The summed E-state index contributed by atoms with van der Waals surface area (Å²) in [5.41, 5.74) is -0.167. The lowest BCUT2D eigenvalue weighted by molar-refractivity contribution is -0.138. The van der Waals surface area contributed by atoms with Crippen LogP contribution in [-0.2, 0) is 4.79 Å². The third-order valence-electron chi connectivity index (χ3n) is 6.27. The minimum Gasteiger partial charge on any atom is -0.481 e. The Morgan fingerprint density at radius 1 is 1.31 bits per heavy atom. The van der Waals surface area contributed by atoms with Gasteiger partial charge in [-0.05, 0) is 55.6 Å². The number of carboxylic acids is 1. The Bertz CT molecular complexity index is 871. The molecule has 0 amide bonds. The summed E-state index contributed by atoms with van der Waals surface area (Å²) >= 11 is 0. The van der Waals surface area contributed by atoms with E-state index in [1.165, 1.54) is 6.07 Å². The SMILES string of the molecule is CCC/C=C/[C@H]1CC[C@H](C2(C#N)C=CC(C(=O)O)C=C2c2ccccc2F)CC1. The van der Waals surface area contributed by atoms with E-state index in [0.29, 0.717) is 17.1 Å². The normalized spacial score (nSPS) is 29.4. The highest BCUT2D eigenvalue weighted by Crippen LogP contribution is 2.52. The van der Waals surface area contributed by atoms with Crippen LogP contribution in [0.1, 0.15) is 51.0 Å². The van der Waals surface area contributed by atoms with Gasteiger partial charge in [-0.25, -0.2) is 4.39 Å². The maximum Gasteiger partial charge on any atom is 0.314 e. The molecule has 0 bridgehead atoms. The molecule has 0 aromatic heterocycles. The van der Waals surface area contributed by atoms with E-state index in [4.69, 9.17) is 0 Å². The molecule has 0 saturated heterocycles. The molecule has 1 aromatic rings. The highest BCUT2D eigenvalue weighted by molar-refractivity contribution is 5.84. The quantitative estimate of drug-likeness (QED) is 0.589. The molecular weight excluding hydrogens is 365 g/mol. The van der Waals surface area contributed by atoms with Gasteiger partial charge < -0.3 is 5.11 Å². The Morgan fingerprint density at radius 3 is 2.66 bits per heavy atom. The number of benzene rings is 1. The number of nitrogens with zero attached hydrogens (tertiary/aromatic N) is 1. The van der Waals surface area contributed by atoms with Crippen LogP contribution in [0.2, 0.25) is 0 Å². The minimum absolute atomic E-state index is 0.0418. The molecule has 0 aliphatic heterocycles. The Labute approximate surface area is 172 Å². The van der Waals surface area contributed by atoms with E-state index in [1.54, 1.807) is 36.4 Å². The van der Waals surface area contributed by atoms with Crippen LogP contribution >= 0.6 is 0 Å². The van der Waals surface area contributed by atoms with Gasteiger partial charge in [0.05, 0.1) is 12.0 Å². The van der Waals surface area contributed by atoms with Gasteiger partial charge in [0, 0.05) is 5.56 Å². The van der Waals surface area contributed by atoms with Crippen molar-refractivity contribution in [2.24, 2.45) is 23.2 Å². The van der Waals surface area contributed by atoms with E-state index in [2.05, 4.69) is 25.1 Å². The average molecular weight is 394 g/mol. The summed E-state index contributed by atoms with van der Waals surface area (Å²) in [7, 11) is 0. The fourth-order valence-electron chi connectivity index (χ4n) is 4.63. The van der Waals surface area contributed by atoms with Crippen molar-refractivity contribution in [2.45, 2.75) is 45.4 Å². The molecule has 29 heavy (non-hydrogen) atoms. The second kappa shape index (κ2) is 9.22. The van der Waals surface area contributed by atoms with Gasteiger partial charge in [0.15, 0.2) is 0 Å². The largest absolute Gasteiger partial charge is 0.481 e. The van der Waals surface area contributed by atoms with Gasteiger partial charge in [-0.2, -0.15) is 5.26 Å². The van der Waals surface area contributed by atoms with Crippen molar-refractivity contribution >= 4 is 11.5 Å². The third kappa shape index (κ3) is 4.34. The van der Waals surface area contributed by atoms with Crippen molar-refractivity contribution < 1.29 is 14.3 Å². The topological polar surface area (TPSA) is 61.1 Å². The van der Waals surface area contributed by atoms with Crippen LogP contribution < -0.4 is 0 Å². The number of unbranched alkanes of at least 4 members (excludes halogenated alkanes) is 1. The molecule has 1 aromatic carbocycles. The van der Waals surface area contributed by atoms with Gasteiger partial charge in [0.25, 0.3) is 0 Å². The van der Waals surface area contributed by atoms with E-state index in [0.717, 1.165) is 38.5 Å². The zero-order chi connectivity index (χ0) is 20.9. The van der Waals surface area contributed by atoms with E-state index in [1.807, 2.05) is 0 Å². The lowest BCUT2D eigenvalue weighted by Gasteiger charge is -2.41. The number of rotatable bonds is 6. The molecule has 3 nitrogen and oxygen atoms in total. The van der Waals surface area contributed by atoms with Gasteiger partial charge in [0.1, 0.15) is 11.2 Å². The Hall–Kier alpha value is -2.67. The summed E-state index contributed by atoms with van der Waals surface area (Å²) in [6, 6.07) is 8.80. The lowest BCUT2D eigenvalue weighted by Crippen LogP contribution is -2.34. The number of carbonyl (C=O) groups is 1. The van der Waals surface area contributed by atoms with Gasteiger partial charge in [-0.3, -0.25) is 4.79 Å². The van der Waals surface area contributed by atoms with Crippen molar-refractivity contribution in [2.75, 3.05) is 0 Å². The van der Waals surface area contributed by atoms with Crippen molar-refractivity contribution in [1.29, 1.82) is 5.26 Å². The molecule has 1 N–H and O–H groups in total. The van der Waals surface area contributed by atoms with E-state index < -0.39 is 23.1 Å². The standard InChI is InChI=1S/C25H28FNO2/c1-2-3-4-7-18-10-12-20(13-11-18)25(17-27)15-14-19(24(28)29)16-22(25)21-8-5-6-9-23(21)26/h4-9,14-16,18-20H,2-3,10-13H2,1H3,(H,28,29)/b7-4+/t18-,19?,20-,25?. The zero-order valence-corrected chi connectivity index (χ0v) is 16.9. The molecule has 0 radical (unpaired) electrons. The van der Waals surface area contributed by atoms with Gasteiger partial charge in [0.2, 0.25) is 0 Å². The minimum atomic E-state index is -0.994. The molecule has 1 fully saturated rings. The first-order valence-corrected chi connectivity index (χ1v) is 10.5. The van der Waals surface area contributed by atoms with Crippen molar-refractivity contribution in [3.05, 3.63) is 66.0 Å². The van der Waals surface area contributed by atoms with Gasteiger partial charge >= 0.3 is 5.97 Å². The first-order valence-electron chi connectivity index (χ1n) is 10.5. The zero-order valence-electron chi connectivity index (χ0n) is 16.9. The van der Waals surface area contributed by atoms with E-state index >= 15 is 0 Å². The molecule has 4 heteroatoms. The molecule has 2 unspecified atom stereocenters. The molecule has 0 spiro atoms. The van der Waals surface area contributed by atoms with Crippen molar-refractivity contribution in [3.63, 3.8) is 0 Å². The number of allylic oxidation sites excluding steroid dienone is 4. The molecule has 2 atom stereocenters. The van der Waals surface area contributed by atoms with Gasteiger partial charge in [-0.15, -0.1) is 0 Å². The second-order valence-corrected chi connectivity index (χ2v) is 8.09. The summed E-state index contributed by atoms with van der Waals surface area (Å²) < 4.78 is 14.7. The fraction of sp³-hybridized carbons (Fsp3) is 0.440. The van der Waals surface area contributed by atoms with Crippen molar-refractivity contribution in [3.8, 4) is 6.07 Å². The van der Waals surface area contributed by atoms with E-state index in [9.17, 15) is 19.6 Å². The summed E-state index contributed by atoms with van der Waals surface area (Å²) in [6.07, 6.45) is 15.4. The summed E-state index contributed by atoms with van der Waals surface area (Å²) in [4.78, 5) is 11.6. The Morgan fingerprint density at radius 2 is 2.03 bits per heavy atom. The molecule has 0 heterocycles. The van der Waals surface area contributed by atoms with Crippen LogP contribution in [0.3, 0.4) is 0 Å². The molecule has 152 valence electrons. The monoisotopic (exact) mass is 393 g/mol. The maximum atomic E-state index is 14.7. The summed E-state index contributed by atoms with van der Waals surface area (Å²) in [6.45, 7) is 2.16. The molecule has 2 aliphatic rings. The van der Waals surface area contributed by atoms with Crippen LogP contribution in [0.5, 0.6) is 0 Å². The first-order chi connectivity index (χ1) is 14.0. The van der Waals surface area contributed by atoms with Crippen LogP contribution in [0.25, 0.3) is 5.57 Å². The maximum absolute atomic E-state index is 14.7. The number of hydrogen-bond donors (Lipinski definition) is 1. The number of nitriles is 1. The summed E-state index contributed by atoms with van der Waals surface area (Å²) in [5, 5.41) is 19.7. The highest BCUT2D eigenvalue weighted by atomic mass is 19.1.